The quantitative estimate of drug-likeness (QED) is 0.0346. The van der Waals surface area contributed by atoms with E-state index in [-0.39, 0.29) is 25.2 Å². The Morgan fingerprint density at radius 1 is 0.348 bits per heavy atom. The molecule has 66 heavy (non-hydrogen) atoms. The summed E-state index contributed by atoms with van der Waals surface area (Å²) in [5, 5.41) is 0. The highest BCUT2D eigenvalue weighted by Gasteiger charge is 2.17. The first-order valence-electron chi connectivity index (χ1n) is 27.1. The Hall–Kier alpha value is -3.70. The van der Waals surface area contributed by atoms with E-state index in [0.29, 0.717) is 19.4 Å². The molecule has 0 aliphatic carbocycles. The summed E-state index contributed by atoms with van der Waals surface area (Å²) in [5.41, 5.74) is 0. The van der Waals surface area contributed by atoms with E-state index >= 15 is 0 Å². The van der Waals surface area contributed by atoms with E-state index in [9.17, 15) is 9.59 Å². The first-order valence-corrected chi connectivity index (χ1v) is 27.1. The van der Waals surface area contributed by atoms with Gasteiger partial charge in [0.15, 0.2) is 6.10 Å². The van der Waals surface area contributed by atoms with Crippen LogP contribution < -0.4 is 0 Å². The van der Waals surface area contributed by atoms with Crippen molar-refractivity contribution < 1.29 is 23.8 Å². The maximum Gasteiger partial charge on any atom is 0.306 e. The van der Waals surface area contributed by atoms with Crippen molar-refractivity contribution >= 4 is 11.9 Å². The molecule has 0 spiro atoms. The van der Waals surface area contributed by atoms with Crippen LogP contribution in [0.1, 0.15) is 226 Å². The number of hydrogen-bond donors (Lipinski definition) is 0. The highest BCUT2D eigenvalue weighted by atomic mass is 16.6. The van der Waals surface area contributed by atoms with E-state index in [4.69, 9.17) is 14.2 Å². The van der Waals surface area contributed by atoms with Gasteiger partial charge >= 0.3 is 11.9 Å². The smallest absolute Gasteiger partial charge is 0.306 e. The molecule has 0 rings (SSSR count). The van der Waals surface area contributed by atoms with Crippen molar-refractivity contribution in [3.63, 3.8) is 0 Å². The summed E-state index contributed by atoms with van der Waals surface area (Å²) in [5.74, 6) is -0.464. The second kappa shape index (κ2) is 55.6. The monoisotopic (exact) mass is 913 g/mol. The molecule has 0 aromatic carbocycles. The van der Waals surface area contributed by atoms with Crippen LogP contribution in [-0.2, 0) is 23.8 Å². The first kappa shape index (κ1) is 62.3. The molecule has 0 aromatic heterocycles. The lowest BCUT2D eigenvalue weighted by Gasteiger charge is -2.18. The fraction of sp³-hybridized carbons (Fsp3) is 0.639. The molecule has 0 aliphatic rings. The highest BCUT2D eigenvalue weighted by molar-refractivity contribution is 5.70. The molecule has 0 bridgehead atoms. The normalized spacial score (nSPS) is 13.2. The van der Waals surface area contributed by atoms with Gasteiger partial charge in [0, 0.05) is 19.4 Å². The Morgan fingerprint density at radius 3 is 1.11 bits per heavy atom. The number of allylic oxidation sites excluding steroid dienone is 20. The molecule has 0 aromatic rings. The zero-order valence-corrected chi connectivity index (χ0v) is 42.9. The van der Waals surface area contributed by atoms with Crippen LogP contribution in [0.5, 0.6) is 0 Å². The topological polar surface area (TPSA) is 61.8 Å². The lowest BCUT2D eigenvalue weighted by atomic mass is 10.1. The van der Waals surface area contributed by atoms with E-state index < -0.39 is 6.10 Å². The van der Waals surface area contributed by atoms with Crippen LogP contribution in [0.4, 0.5) is 0 Å². The fourth-order valence-electron chi connectivity index (χ4n) is 6.99. The number of ether oxygens (including phenoxy) is 3. The van der Waals surface area contributed by atoms with E-state index in [1.807, 2.05) is 0 Å². The molecule has 1 atom stereocenters. The van der Waals surface area contributed by atoms with Gasteiger partial charge < -0.3 is 14.2 Å². The molecule has 0 heterocycles. The summed E-state index contributed by atoms with van der Waals surface area (Å²) in [4.78, 5) is 25.5. The zero-order chi connectivity index (χ0) is 47.7. The van der Waals surface area contributed by atoms with Crippen LogP contribution in [0.2, 0.25) is 0 Å². The molecule has 374 valence electrons. The molecule has 5 nitrogen and oxygen atoms in total. The molecular weight excluding hydrogens is 813 g/mol. The van der Waals surface area contributed by atoms with Gasteiger partial charge in [-0.15, -0.1) is 0 Å². The summed E-state index contributed by atoms with van der Waals surface area (Å²) in [7, 11) is 0. The summed E-state index contributed by atoms with van der Waals surface area (Å²) in [6, 6.07) is 0. The van der Waals surface area contributed by atoms with Gasteiger partial charge in [0.1, 0.15) is 6.61 Å². The minimum atomic E-state index is -0.573. The lowest BCUT2D eigenvalue weighted by Crippen LogP contribution is -2.30. The number of carbonyl (C=O) groups excluding carboxylic acids is 2. The number of esters is 2. The third kappa shape index (κ3) is 52.9. The van der Waals surface area contributed by atoms with E-state index in [1.165, 1.54) is 64.2 Å². The van der Waals surface area contributed by atoms with Crippen LogP contribution >= 0.6 is 0 Å². The molecule has 0 fully saturated rings. The van der Waals surface area contributed by atoms with E-state index in [2.05, 4.69) is 142 Å². The predicted octanol–water partition coefficient (Wildman–Crippen LogP) is 18.6. The van der Waals surface area contributed by atoms with Crippen molar-refractivity contribution in [1.82, 2.24) is 0 Å². The van der Waals surface area contributed by atoms with Gasteiger partial charge in [0.05, 0.1) is 6.61 Å². The van der Waals surface area contributed by atoms with Crippen LogP contribution in [0.25, 0.3) is 0 Å². The van der Waals surface area contributed by atoms with Gasteiger partial charge in [-0.2, -0.15) is 0 Å². The standard InChI is InChI=1S/C61H100O5/c1-4-7-10-13-16-19-22-25-28-30-31-32-34-36-39-42-45-48-51-54-60(62)65-58-59(57-64-56-53-50-47-44-41-38-35-29-26-23-20-17-14-11-8-5-2)66-61(63)55-52-49-46-43-40-37-33-27-24-21-18-15-12-9-6-3/h7-8,10-11,16-21,25-29,31-33,36,39,59H,4-6,9,12-15,22-24,30,34-35,37-38,40-58H2,1-3H3/b10-7-,11-8-,19-16-,20-17-,21-18-,28-25-,29-26-,32-31-,33-27-,39-36-. The van der Waals surface area contributed by atoms with Crippen LogP contribution in [-0.4, -0.2) is 37.9 Å². The van der Waals surface area contributed by atoms with Crippen molar-refractivity contribution in [2.45, 2.75) is 232 Å². The van der Waals surface area contributed by atoms with Crippen LogP contribution in [0, 0.1) is 0 Å². The maximum atomic E-state index is 12.8. The number of hydrogen-bond acceptors (Lipinski definition) is 5. The van der Waals surface area contributed by atoms with Crippen molar-refractivity contribution in [2.24, 2.45) is 0 Å². The molecule has 0 N–H and O–H groups in total. The lowest BCUT2D eigenvalue weighted by molar-refractivity contribution is -0.163. The average Bonchev–Trinajstić information content (AvgIpc) is 3.32. The Bertz CT molecular complexity index is 1350. The molecule has 0 radical (unpaired) electrons. The van der Waals surface area contributed by atoms with Crippen molar-refractivity contribution in [2.75, 3.05) is 19.8 Å². The summed E-state index contributed by atoms with van der Waals surface area (Å²) >= 11 is 0. The zero-order valence-electron chi connectivity index (χ0n) is 42.9. The minimum absolute atomic E-state index is 0.0494. The van der Waals surface area contributed by atoms with Gasteiger partial charge in [-0.1, -0.05) is 206 Å². The summed E-state index contributed by atoms with van der Waals surface area (Å²) in [6.45, 7) is 7.49. The largest absolute Gasteiger partial charge is 0.462 e. The number of unbranched alkanes of at least 4 members (excludes halogenated alkanes) is 17. The average molecular weight is 913 g/mol. The molecular formula is C61H100O5. The Kier molecular flexibility index (Phi) is 52.5. The molecule has 0 aliphatic heterocycles. The van der Waals surface area contributed by atoms with Gasteiger partial charge in [-0.25, -0.2) is 0 Å². The second-order valence-electron chi connectivity index (χ2n) is 17.4. The van der Waals surface area contributed by atoms with Gasteiger partial charge in [-0.05, 0) is 128 Å². The molecule has 0 saturated carbocycles. The molecule has 0 saturated heterocycles. The SMILES string of the molecule is CC/C=C\C/C=C\C/C=C\C/C=C\C/C=C\CCCCCC(=O)OCC(COCCCCCCCC/C=C\C/C=C\C/C=C\CC)OC(=O)CCCCCCC/C=C\C/C=C\CCCCC. The minimum Gasteiger partial charge on any atom is -0.462 e. The Labute approximate surface area is 407 Å². The number of rotatable bonds is 48. The predicted molar refractivity (Wildman–Crippen MR) is 288 cm³/mol. The van der Waals surface area contributed by atoms with E-state index in [1.54, 1.807) is 0 Å². The fourth-order valence-corrected chi connectivity index (χ4v) is 6.99. The molecule has 0 amide bonds. The van der Waals surface area contributed by atoms with Crippen LogP contribution in [0.15, 0.2) is 122 Å². The first-order chi connectivity index (χ1) is 32.6. The second-order valence-corrected chi connectivity index (χ2v) is 17.4. The molecule has 5 heteroatoms. The number of carbonyl (C=O) groups is 2. The maximum absolute atomic E-state index is 12.8. The van der Waals surface area contributed by atoms with Crippen molar-refractivity contribution in [1.29, 1.82) is 0 Å². The Morgan fingerprint density at radius 2 is 0.682 bits per heavy atom. The Balaban J connectivity index is 4.41. The van der Waals surface area contributed by atoms with Gasteiger partial charge in [-0.3, -0.25) is 9.59 Å². The third-order valence-corrected chi connectivity index (χ3v) is 11.0. The summed E-state index contributed by atoms with van der Waals surface area (Å²) < 4.78 is 17.4. The summed E-state index contributed by atoms with van der Waals surface area (Å²) in [6.07, 6.45) is 77.8. The third-order valence-electron chi connectivity index (χ3n) is 11.0. The molecule has 1 unspecified atom stereocenters. The van der Waals surface area contributed by atoms with Crippen LogP contribution in [0.3, 0.4) is 0 Å². The highest BCUT2D eigenvalue weighted by Crippen LogP contribution is 2.12. The van der Waals surface area contributed by atoms with E-state index in [0.717, 1.165) is 128 Å². The van der Waals surface area contributed by atoms with Crippen molar-refractivity contribution in [3.05, 3.63) is 122 Å². The van der Waals surface area contributed by atoms with Crippen molar-refractivity contribution in [3.8, 4) is 0 Å². The van der Waals surface area contributed by atoms with Gasteiger partial charge in [0.2, 0.25) is 0 Å². The van der Waals surface area contributed by atoms with Gasteiger partial charge in [0.25, 0.3) is 0 Å².